The SMILES string of the molecule is CCCCCN(CC)CCCN(CC)CCCCC. The Morgan fingerprint density at radius 2 is 0.842 bits per heavy atom. The number of hydrogen-bond acceptors (Lipinski definition) is 2. The van der Waals surface area contributed by atoms with Gasteiger partial charge in [0.05, 0.1) is 0 Å². The second-order valence-corrected chi connectivity index (χ2v) is 5.64. The summed E-state index contributed by atoms with van der Waals surface area (Å²) in [5.74, 6) is 0. The lowest BCUT2D eigenvalue weighted by Crippen LogP contribution is -2.31. The molecule has 0 bridgehead atoms. The van der Waals surface area contributed by atoms with Gasteiger partial charge in [-0.3, -0.25) is 0 Å². The van der Waals surface area contributed by atoms with E-state index in [1.54, 1.807) is 0 Å². The van der Waals surface area contributed by atoms with Gasteiger partial charge in [-0.2, -0.15) is 0 Å². The van der Waals surface area contributed by atoms with Crippen LogP contribution >= 0.6 is 0 Å². The second kappa shape index (κ2) is 14.3. The van der Waals surface area contributed by atoms with Crippen LogP contribution in [0, 0.1) is 0 Å². The zero-order valence-electron chi connectivity index (χ0n) is 14.1. The van der Waals surface area contributed by atoms with Crippen LogP contribution in [0.4, 0.5) is 0 Å². The topological polar surface area (TPSA) is 6.48 Å². The van der Waals surface area contributed by atoms with Crippen molar-refractivity contribution in [3.63, 3.8) is 0 Å². The number of nitrogens with zero attached hydrogens (tertiary/aromatic N) is 2. The molecule has 0 saturated carbocycles. The third-order valence-electron chi connectivity index (χ3n) is 4.00. The van der Waals surface area contributed by atoms with Crippen molar-refractivity contribution in [2.45, 2.75) is 72.6 Å². The van der Waals surface area contributed by atoms with Crippen LogP contribution in [0.3, 0.4) is 0 Å². The molecule has 0 unspecified atom stereocenters. The van der Waals surface area contributed by atoms with Crippen LogP contribution < -0.4 is 0 Å². The molecule has 0 atom stereocenters. The van der Waals surface area contributed by atoms with Gasteiger partial charge in [-0.1, -0.05) is 53.4 Å². The maximum absolute atomic E-state index is 2.62. The minimum atomic E-state index is 1.21. The average Bonchev–Trinajstić information content (AvgIpc) is 2.44. The molecule has 0 aromatic heterocycles. The molecule has 0 rings (SSSR count). The number of rotatable bonds is 14. The third kappa shape index (κ3) is 11.4. The van der Waals surface area contributed by atoms with E-state index in [4.69, 9.17) is 0 Å². The predicted octanol–water partition coefficient (Wildman–Crippen LogP) is 4.40. The summed E-state index contributed by atoms with van der Waals surface area (Å²) < 4.78 is 0. The fraction of sp³-hybridized carbons (Fsp3) is 1.00. The van der Waals surface area contributed by atoms with Crippen molar-refractivity contribution in [3.8, 4) is 0 Å². The standard InChI is InChI=1S/C17H38N2/c1-5-9-11-14-18(7-3)16-13-17-19(8-4)15-12-10-6-2/h5-17H2,1-4H3. The minimum Gasteiger partial charge on any atom is -0.304 e. The maximum Gasteiger partial charge on any atom is -0.000666 e. The predicted molar refractivity (Wildman–Crippen MR) is 87.9 cm³/mol. The smallest absolute Gasteiger partial charge is 0.000666 e. The van der Waals surface area contributed by atoms with Gasteiger partial charge < -0.3 is 9.80 Å². The maximum atomic E-state index is 2.62. The highest BCUT2D eigenvalue weighted by Crippen LogP contribution is 2.02. The van der Waals surface area contributed by atoms with Crippen molar-refractivity contribution in [1.82, 2.24) is 9.80 Å². The van der Waals surface area contributed by atoms with Gasteiger partial charge >= 0.3 is 0 Å². The third-order valence-corrected chi connectivity index (χ3v) is 4.00. The second-order valence-electron chi connectivity index (χ2n) is 5.64. The van der Waals surface area contributed by atoms with Crippen LogP contribution in [0.1, 0.15) is 72.6 Å². The summed E-state index contributed by atoms with van der Waals surface area (Å²) in [5, 5.41) is 0. The molecule has 0 amide bonds. The molecule has 0 saturated heterocycles. The molecule has 0 fully saturated rings. The van der Waals surface area contributed by atoms with Crippen LogP contribution in [0.2, 0.25) is 0 Å². The van der Waals surface area contributed by atoms with Gasteiger partial charge in [0.15, 0.2) is 0 Å². The van der Waals surface area contributed by atoms with Crippen LogP contribution in [-0.2, 0) is 0 Å². The first kappa shape index (κ1) is 18.9. The summed E-state index contributed by atoms with van der Waals surface area (Å²) in [6, 6.07) is 0. The van der Waals surface area contributed by atoms with E-state index in [1.165, 1.54) is 84.2 Å². The fourth-order valence-corrected chi connectivity index (χ4v) is 2.54. The van der Waals surface area contributed by atoms with E-state index in [0.29, 0.717) is 0 Å². The Bertz CT molecular complexity index is 153. The van der Waals surface area contributed by atoms with Crippen molar-refractivity contribution in [1.29, 1.82) is 0 Å². The van der Waals surface area contributed by atoms with E-state index in [9.17, 15) is 0 Å². The highest BCUT2D eigenvalue weighted by molar-refractivity contribution is 4.60. The van der Waals surface area contributed by atoms with Gasteiger partial charge in [0.25, 0.3) is 0 Å². The van der Waals surface area contributed by atoms with Gasteiger partial charge in [-0.25, -0.2) is 0 Å². The first-order chi connectivity index (χ1) is 9.28. The quantitative estimate of drug-likeness (QED) is 0.432. The van der Waals surface area contributed by atoms with Crippen molar-refractivity contribution >= 4 is 0 Å². The summed E-state index contributed by atoms with van der Waals surface area (Å²) in [7, 11) is 0. The van der Waals surface area contributed by atoms with Crippen molar-refractivity contribution in [2.75, 3.05) is 39.3 Å². The largest absolute Gasteiger partial charge is 0.304 e. The van der Waals surface area contributed by atoms with E-state index in [-0.39, 0.29) is 0 Å². The zero-order chi connectivity index (χ0) is 14.3. The average molecular weight is 271 g/mol. The van der Waals surface area contributed by atoms with Crippen LogP contribution in [0.25, 0.3) is 0 Å². The molecule has 0 spiro atoms. The van der Waals surface area contributed by atoms with Gasteiger partial charge in [0.1, 0.15) is 0 Å². The van der Waals surface area contributed by atoms with Gasteiger partial charge in [-0.05, 0) is 58.5 Å². The Balaban J connectivity index is 3.64. The lowest BCUT2D eigenvalue weighted by Gasteiger charge is -2.24. The Labute approximate surface area is 122 Å². The Morgan fingerprint density at radius 3 is 1.16 bits per heavy atom. The molecular weight excluding hydrogens is 232 g/mol. The molecule has 0 aliphatic heterocycles. The summed E-state index contributed by atoms with van der Waals surface area (Å²) in [5.41, 5.74) is 0. The minimum absolute atomic E-state index is 1.21. The lowest BCUT2D eigenvalue weighted by atomic mass is 10.2. The van der Waals surface area contributed by atoms with Gasteiger partial charge in [-0.15, -0.1) is 0 Å². The van der Waals surface area contributed by atoms with E-state index in [2.05, 4.69) is 37.5 Å². The molecule has 116 valence electrons. The normalized spacial score (nSPS) is 11.7. The molecule has 0 heterocycles. The first-order valence-electron chi connectivity index (χ1n) is 8.73. The Hall–Kier alpha value is -0.0800. The highest BCUT2D eigenvalue weighted by atomic mass is 15.1. The van der Waals surface area contributed by atoms with E-state index >= 15 is 0 Å². The highest BCUT2D eigenvalue weighted by Gasteiger charge is 2.05. The molecule has 0 aromatic carbocycles. The Kier molecular flexibility index (Phi) is 14.3. The molecule has 0 aromatic rings. The molecule has 2 nitrogen and oxygen atoms in total. The lowest BCUT2D eigenvalue weighted by molar-refractivity contribution is 0.232. The van der Waals surface area contributed by atoms with Crippen LogP contribution in [0.15, 0.2) is 0 Å². The molecular formula is C17H38N2. The Morgan fingerprint density at radius 1 is 0.474 bits per heavy atom. The van der Waals surface area contributed by atoms with E-state index < -0.39 is 0 Å². The van der Waals surface area contributed by atoms with Crippen LogP contribution in [0.5, 0.6) is 0 Å². The molecule has 0 N–H and O–H groups in total. The summed E-state index contributed by atoms with van der Waals surface area (Å²) in [4.78, 5) is 5.24. The molecule has 0 aliphatic rings. The number of hydrogen-bond donors (Lipinski definition) is 0. The summed E-state index contributed by atoms with van der Waals surface area (Å²) in [6.45, 7) is 16.7. The van der Waals surface area contributed by atoms with Gasteiger partial charge in [0.2, 0.25) is 0 Å². The zero-order valence-corrected chi connectivity index (χ0v) is 14.1. The molecule has 2 heteroatoms. The van der Waals surface area contributed by atoms with Crippen molar-refractivity contribution < 1.29 is 0 Å². The van der Waals surface area contributed by atoms with E-state index in [0.717, 1.165) is 0 Å². The van der Waals surface area contributed by atoms with Crippen molar-refractivity contribution in [3.05, 3.63) is 0 Å². The summed E-state index contributed by atoms with van der Waals surface area (Å²) >= 11 is 0. The van der Waals surface area contributed by atoms with Crippen molar-refractivity contribution in [2.24, 2.45) is 0 Å². The number of unbranched alkanes of at least 4 members (excludes halogenated alkanes) is 4. The van der Waals surface area contributed by atoms with E-state index in [1.807, 2.05) is 0 Å². The first-order valence-corrected chi connectivity index (χ1v) is 8.73. The molecule has 0 radical (unpaired) electrons. The van der Waals surface area contributed by atoms with Gasteiger partial charge in [0, 0.05) is 0 Å². The molecule has 0 aliphatic carbocycles. The fourth-order valence-electron chi connectivity index (χ4n) is 2.54. The van der Waals surface area contributed by atoms with Crippen LogP contribution in [-0.4, -0.2) is 49.1 Å². The molecule has 19 heavy (non-hydrogen) atoms. The monoisotopic (exact) mass is 270 g/mol. The summed E-state index contributed by atoms with van der Waals surface area (Å²) in [6.07, 6.45) is 9.51.